The molecule has 1 aromatic carbocycles. The number of nitrogens with one attached hydrogen (secondary N) is 1. The first-order valence-corrected chi connectivity index (χ1v) is 7.34. The molecule has 1 amide bonds. The summed E-state index contributed by atoms with van der Waals surface area (Å²) >= 11 is 0. The van der Waals surface area contributed by atoms with Crippen molar-refractivity contribution in [3.63, 3.8) is 0 Å². The number of likely N-dealkylation sites (tertiary alicyclic amines) is 1. The van der Waals surface area contributed by atoms with Gasteiger partial charge in [-0.25, -0.2) is 4.98 Å². The van der Waals surface area contributed by atoms with Gasteiger partial charge in [-0.2, -0.15) is 13.2 Å². The Morgan fingerprint density at radius 2 is 2.17 bits per heavy atom. The Morgan fingerprint density at radius 3 is 2.79 bits per heavy atom. The van der Waals surface area contributed by atoms with E-state index >= 15 is 0 Å². The van der Waals surface area contributed by atoms with Crippen molar-refractivity contribution in [3.05, 3.63) is 29.6 Å². The van der Waals surface area contributed by atoms with Crippen LogP contribution in [-0.2, 0) is 6.18 Å². The van der Waals surface area contributed by atoms with Crippen molar-refractivity contribution in [2.24, 2.45) is 0 Å². The number of nitrogens with zero attached hydrogens (tertiary/aromatic N) is 2. The van der Waals surface area contributed by atoms with Crippen molar-refractivity contribution in [1.82, 2.24) is 14.9 Å². The van der Waals surface area contributed by atoms with E-state index in [4.69, 9.17) is 0 Å². The van der Waals surface area contributed by atoms with Crippen molar-refractivity contribution < 1.29 is 28.2 Å². The van der Waals surface area contributed by atoms with Gasteiger partial charge in [0.15, 0.2) is 0 Å². The maximum Gasteiger partial charge on any atom is 0.449 e. The first kappa shape index (κ1) is 16.7. The number of H-pyrrole nitrogens is 1. The summed E-state index contributed by atoms with van der Waals surface area (Å²) in [5, 5.41) is 19.8. The Kier molecular flexibility index (Phi) is 3.80. The van der Waals surface area contributed by atoms with E-state index in [9.17, 15) is 28.2 Å². The van der Waals surface area contributed by atoms with Crippen LogP contribution in [0.3, 0.4) is 0 Å². The van der Waals surface area contributed by atoms with E-state index in [1.807, 2.05) is 0 Å². The lowest BCUT2D eigenvalue weighted by atomic mass is 9.90. The minimum absolute atomic E-state index is 0.0410. The van der Waals surface area contributed by atoms with Gasteiger partial charge in [-0.1, -0.05) is 0 Å². The van der Waals surface area contributed by atoms with E-state index in [1.165, 1.54) is 30.0 Å². The molecular formula is C15H16F3N3O3. The molecule has 2 aromatic rings. The molecule has 1 aromatic heterocycles. The van der Waals surface area contributed by atoms with Crippen LogP contribution in [0.25, 0.3) is 11.0 Å². The number of halogens is 3. The number of aromatic nitrogens is 2. The van der Waals surface area contributed by atoms with Crippen LogP contribution in [0.4, 0.5) is 13.2 Å². The third-order valence-electron chi connectivity index (χ3n) is 4.28. The quantitative estimate of drug-likeness (QED) is 0.733. The summed E-state index contributed by atoms with van der Waals surface area (Å²) in [4.78, 5) is 19.5. The van der Waals surface area contributed by atoms with E-state index in [2.05, 4.69) is 9.97 Å². The van der Waals surface area contributed by atoms with Gasteiger partial charge in [-0.05, 0) is 31.5 Å². The standard InChI is InChI=1S/C15H16F3N3O3/c1-14(24)4-5-21(7-11(14)22)12(23)8-2-3-9-10(6-8)20-13(19-9)15(16,17)18/h2-3,6,11,22,24H,4-5,7H2,1H3,(H,19,20)/t11-,14-/m1/s1. The van der Waals surface area contributed by atoms with Gasteiger partial charge in [0.05, 0.1) is 22.7 Å². The van der Waals surface area contributed by atoms with Crippen LogP contribution in [0.1, 0.15) is 29.5 Å². The second-order valence-corrected chi connectivity index (χ2v) is 6.19. The molecule has 1 saturated heterocycles. The lowest BCUT2D eigenvalue weighted by Gasteiger charge is -2.39. The number of alkyl halides is 3. The Balaban J connectivity index is 1.85. The number of aromatic amines is 1. The summed E-state index contributed by atoms with van der Waals surface area (Å²) in [5.74, 6) is -1.54. The summed E-state index contributed by atoms with van der Waals surface area (Å²) in [6.07, 6.45) is -5.46. The van der Waals surface area contributed by atoms with Gasteiger partial charge in [-0.15, -0.1) is 0 Å². The summed E-state index contributed by atoms with van der Waals surface area (Å²) < 4.78 is 38.0. The fraction of sp³-hybridized carbons (Fsp3) is 0.467. The number of piperidine rings is 1. The van der Waals surface area contributed by atoms with Gasteiger partial charge in [0.1, 0.15) is 0 Å². The third kappa shape index (κ3) is 2.96. The van der Waals surface area contributed by atoms with E-state index in [0.717, 1.165) is 0 Å². The number of benzene rings is 1. The number of rotatable bonds is 1. The monoisotopic (exact) mass is 343 g/mol. The van der Waals surface area contributed by atoms with Gasteiger partial charge in [0, 0.05) is 18.7 Å². The topological polar surface area (TPSA) is 89.5 Å². The van der Waals surface area contributed by atoms with Gasteiger partial charge in [0.2, 0.25) is 5.82 Å². The van der Waals surface area contributed by atoms with Crippen molar-refractivity contribution in [2.75, 3.05) is 13.1 Å². The molecule has 9 heteroatoms. The van der Waals surface area contributed by atoms with Crippen LogP contribution < -0.4 is 0 Å². The maximum atomic E-state index is 12.7. The van der Waals surface area contributed by atoms with E-state index < -0.39 is 29.6 Å². The number of amides is 1. The van der Waals surface area contributed by atoms with E-state index in [1.54, 1.807) is 0 Å². The number of aliphatic hydroxyl groups excluding tert-OH is 1. The molecular weight excluding hydrogens is 327 g/mol. The van der Waals surface area contributed by atoms with Gasteiger partial charge < -0.3 is 20.1 Å². The van der Waals surface area contributed by atoms with Crippen LogP contribution in [0.5, 0.6) is 0 Å². The van der Waals surface area contributed by atoms with Gasteiger partial charge >= 0.3 is 6.18 Å². The van der Waals surface area contributed by atoms with Crippen LogP contribution in [0, 0.1) is 0 Å². The lowest BCUT2D eigenvalue weighted by Crippen LogP contribution is -2.55. The smallest absolute Gasteiger partial charge is 0.388 e. The number of hydrogen-bond donors (Lipinski definition) is 3. The molecule has 0 unspecified atom stereocenters. The summed E-state index contributed by atoms with van der Waals surface area (Å²) in [6, 6.07) is 4.04. The van der Waals surface area contributed by atoms with Gasteiger partial charge in [-0.3, -0.25) is 4.79 Å². The molecule has 3 rings (SSSR count). The SMILES string of the molecule is C[C@@]1(O)CCN(C(=O)c2ccc3nc(C(F)(F)F)[nH]c3c2)C[C@H]1O. The summed E-state index contributed by atoms with van der Waals surface area (Å²) in [7, 11) is 0. The van der Waals surface area contributed by atoms with E-state index in [0.29, 0.717) is 0 Å². The zero-order valence-corrected chi connectivity index (χ0v) is 12.8. The molecule has 0 radical (unpaired) electrons. The van der Waals surface area contributed by atoms with Crippen LogP contribution >= 0.6 is 0 Å². The van der Waals surface area contributed by atoms with Crippen LogP contribution in [0.15, 0.2) is 18.2 Å². The molecule has 2 heterocycles. The summed E-state index contributed by atoms with van der Waals surface area (Å²) in [6.45, 7) is 1.70. The number of β-amino-alcohol motifs (C(OH)–C–C–N with tert-alkyl or cyclic N) is 1. The molecule has 24 heavy (non-hydrogen) atoms. The first-order valence-electron chi connectivity index (χ1n) is 7.34. The molecule has 0 bridgehead atoms. The predicted octanol–water partition coefficient (Wildman–Crippen LogP) is 1.54. The number of hydrogen-bond acceptors (Lipinski definition) is 4. The van der Waals surface area contributed by atoms with E-state index in [-0.39, 0.29) is 36.1 Å². The number of carbonyl (C=O) groups excluding carboxylic acids is 1. The van der Waals surface area contributed by atoms with Crippen LogP contribution in [0.2, 0.25) is 0 Å². The van der Waals surface area contributed by atoms with Crippen molar-refractivity contribution in [3.8, 4) is 0 Å². The average molecular weight is 343 g/mol. The highest BCUT2D eigenvalue weighted by Crippen LogP contribution is 2.29. The lowest BCUT2D eigenvalue weighted by molar-refractivity contribution is -0.144. The normalized spacial score (nSPS) is 25.2. The Bertz CT molecular complexity index is 785. The maximum absolute atomic E-state index is 12.7. The fourth-order valence-corrected chi connectivity index (χ4v) is 2.67. The number of imidazole rings is 1. The largest absolute Gasteiger partial charge is 0.449 e. The molecule has 0 aliphatic carbocycles. The molecule has 0 spiro atoms. The molecule has 0 saturated carbocycles. The van der Waals surface area contributed by atoms with Crippen LogP contribution in [-0.4, -0.2) is 55.8 Å². The summed E-state index contributed by atoms with van der Waals surface area (Å²) in [5.41, 5.74) is -0.849. The Labute approximate surface area is 134 Å². The minimum atomic E-state index is -4.59. The molecule has 1 aliphatic heterocycles. The van der Waals surface area contributed by atoms with Gasteiger partial charge in [0.25, 0.3) is 5.91 Å². The highest BCUT2D eigenvalue weighted by Gasteiger charge is 2.38. The molecule has 6 nitrogen and oxygen atoms in total. The zero-order chi connectivity index (χ0) is 17.7. The second-order valence-electron chi connectivity index (χ2n) is 6.19. The molecule has 2 atom stereocenters. The highest BCUT2D eigenvalue weighted by molar-refractivity contribution is 5.97. The molecule has 130 valence electrons. The zero-order valence-electron chi connectivity index (χ0n) is 12.8. The predicted molar refractivity (Wildman–Crippen MR) is 78.2 cm³/mol. The number of fused-ring (bicyclic) bond motifs is 1. The number of aliphatic hydroxyl groups is 2. The molecule has 3 N–H and O–H groups in total. The Hall–Kier alpha value is -2.13. The molecule has 1 aliphatic rings. The fourth-order valence-electron chi connectivity index (χ4n) is 2.67. The molecule has 1 fully saturated rings. The Morgan fingerprint density at radius 1 is 1.46 bits per heavy atom. The van der Waals surface area contributed by atoms with Crippen molar-refractivity contribution >= 4 is 16.9 Å². The van der Waals surface area contributed by atoms with Crippen molar-refractivity contribution in [1.29, 1.82) is 0 Å². The first-order chi connectivity index (χ1) is 11.1. The number of carbonyl (C=O) groups is 1. The average Bonchev–Trinajstić information content (AvgIpc) is 2.92. The van der Waals surface area contributed by atoms with Crippen molar-refractivity contribution in [2.45, 2.75) is 31.2 Å². The highest BCUT2D eigenvalue weighted by atomic mass is 19.4. The minimum Gasteiger partial charge on any atom is -0.388 e. The third-order valence-corrected chi connectivity index (χ3v) is 4.28. The second kappa shape index (κ2) is 5.45.